The van der Waals surface area contributed by atoms with Crippen molar-refractivity contribution in [3.05, 3.63) is 43.8 Å². The van der Waals surface area contributed by atoms with Crippen molar-refractivity contribution in [2.75, 3.05) is 23.8 Å². The minimum absolute atomic E-state index is 0.0467. The van der Waals surface area contributed by atoms with E-state index in [-0.39, 0.29) is 27.6 Å². The number of anilines is 2. The molecule has 1 aromatic carbocycles. The fourth-order valence-corrected chi connectivity index (χ4v) is 4.00. The van der Waals surface area contributed by atoms with Gasteiger partial charge in [0.05, 0.1) is 6.54 Å². The van der Waals surface area contributed by atoms with Gasteiger partial charge in [-0.2, -0.15) is 5.26 Å². The Morgan fingerprint density at radius 3 is 2.61 bits per heavy atom. The van der Waals surface area contributed by atoms with Crippen LogP contribution in [0.25, 0.3) is 11.8 Å². The van der Waals surface area contributed by atoms with Gasteiger partial charge in [-0.15, -0.1) is 11.3 Å². The van der Waals surface area contributed by atoms with Gasteiger partial charge in [0.15, 0.2) is 5.57 Å². The number of thiazole rings is 1. The molecule has 0 fully saturated rings. The zero-order valence-electron chi connectivity index (χ0n) is 18.7. The Morgan fingerprint density at radius 2 is 2.03 bits per heavy atom. The van der Waals surface area contributed by atoms with E-state index in [0.29, 0.717) is 11.4 Å². The molecule has 33 heavy (non-hydrogen) atoms. The summed E-state index contributed by atoms with van der Waals surface area (Å²) in [6, 6.07) is 8.75. The molecule has 8 nitrogen and oxygen atoms in total. The number of alkyl halides is 2. The highest BCUT2D eigenvalue weighted by atomic mass is 32.1. The van der Waals surface area contributed by atoms with Gasteiger partial charge in [0.1, 0.15) is 15.3 Å². The SMILES string of the molecule is CCn1c(=C(C#N)C(=O)NCC(F)F)sc(=CNc2cccc(N(C)C(=O)C(C)C)c2)c1=O. The molecule has 1 heterocycles. The predicted octanol–water partition coefficient (Wildman–Crippen LogP) is 1.45. The number of halogens is 2. The maximum atomic E-state index is 12.8. The van der Waals surface area contributed by atoms with Crippen LogP contribution in [0.2, 0.25) is 0 Å². The first-order valence-electron chi connectivity index (χ1n) is 10.1. The zero-order chi connectivity index (χ0) is 24.7. The first-order chi connectivity index (χ1) is 15.6. The lowest BCUT2D eigenvalue weighted by Crippen LogP contribution is -2.35. The smallest absolute Gasteiger partial charge is 0.270 e. The Balaban J connectivity index is 2.45. The summed E-state index contributed by atoms with van der Waals surface area (Å²) in [5.74, 6) is -1.18. The molecular formula is C22H25F2N5O3S. The van der Waals surface area contributed by atoms with Gasteiger partial charge in [-0.1, -0.05) is 19.9 Å². The lowest BCUT2D eigenvalue weighted by Gasteiger charge is -2.20. The normalized spacial score (nSPS) is 12.5. The molecule has 2 N–H and O–H groups in total. The monoisotopic (exact) mass is 477 g/mol. The molecule has 0 saturated carbocycles. The minimum Gasteiger partial charge on any atom is -0.360 e. The molecular weight excluding hydrogens is 452 g/mol. The summed E-state index contributed by atoms with van der Waals surface area (Å²) in [4.78, 5) is 38.7. The van der Waals surface area contributed by atoms with E-state index in [0.717, 1.165) is 11.3 Å². The fraction of sp³-hybridized carbons (Fsp3) is 0.364. The van der Waals surface area contributed by atoms with Crippen molar-refractivity contribution >= 4 is 46.3 Å². The number of aromatic nitrogens is 1. The number of amides is 2. The number of nitrogens with one attached hydrogen (secondary N) is 2. The molecule has 0 bridgehead atoms. The molecule has 0 unspecified atom stereocenters. The largest absolute Gasteiger partial charge is 0.360 e. The lowest BCUT2D eigenvalue weighted by molar-refractivity contribution is -0.121. The predicted molar refractivity (Wildman–Crippen MR) is 124 cm³/mol. The average Bonchev–Trinajstić information content (AvgIpc) is 3.10. The number of hydrogen-bond acceptors (Lipinski definition) is 6. The van der Waals surface area contributed by atoms with Crippen LogP contribution in [0.5, 0.6) is 0 Å². The number of carbonyl (C=O) groups is 2. The van der Waals surface area contributed by atoms with Crippen LogP contribution in [0.1, 0.15) is 20.8 Å². The van der Waals surface area contributed by atoms with Crippen LogP contribution in [0.15, 0.2) is 29.1 Å². The molecule has 0 aliphatic heterocycles. The van der Waals surface area contributed by atoms with Crippen LogP contribution in [-0.2, 0) is 16.1 Å². The maximum absolute atomic E-state index is 12.8. The van der Waals surface area contributed by atoms with Crippen LogP contribution >= 0.6 is 11.3 Å². The third kappa shape index (κ3) is 6.26. The Bertz CT molecular complexity index is 1240. The third-order valence-electron chi connectivity index (χ3n) is 4.62. The van der Waals surface area contributed by atoms with Crippen LogP contribution in [0.3, 0.4) is 0 Å². The molecule has 11 heteroatoms. The van der Waals surface area contributed by atoms with Crippen molar-refractivity contribution in [3.8, 4) is 6.07 Å². The summed E-state index contributed by atoms with van der Waals surface area (Å²) in [5.41, 5.74) is 0.450. The van der Waals surface area contributed by atoms with Gasteiger partial charge in [0.2, 0.25) is 5.91 Å². The average molecular weight is 478 g/mol. The Kier molecular flexibility index (Phi) is 8.87. The molecule has 0 aliphatic rings. The Morgan fingerprint density at radius 1 is 1.33 bits per heavy atom. The highest BCUT2D eigenvalue weighted by Crippen LogP contribution is 2.20. The van der Waals surface area contributed by atoms with E-state index in [4.69, 9.17) is 0 Å². The molecule has 0 saturated heterocycles. The third-order valence-corrected chi connectivity index (χ3v) is 5.75. The quantitative estimate of drug-likeness (QED) is 0.599. The highest BCUT2D eigenvalue weighted by Gasteiger charge is 2.17. The zero-order valence-corrected chi connectivity index (χ0v) is 19.5. The maximum Gasteiger partial charge on any atom is 0.270 e. The van der Waals surface area contributed by atoms with E-state index >= 15 is 0 Å². The van der Waals surface area contributed by atoms with Gasteiger partial charge in [-0.05, 0) is 25.1 Å². The Labute approximate surface area is 193 Å². The van der Waals surface area contributed by atoms with Gasteiger partial charge >= 0.3 is 0 Å². The van der Waals surface area contributed by atoms with Crippen molar-refractivity contribution in [2.24, 2.45) is 5.92 Å². The summed E-state index contributed by atoms with van der Waals surface area (Å²) < 4.78 is 26.4. The number of nitrogens with zero attached hydrogens (tertiary/aromatic N) is 3. The summed E-state index contributed by atoms with van der Waals surface area (Å²) in [5, 5.41) is 14.4. The first-order valence-corrected chi connectivity index (χ1v) is 11.0. The van der Waals surface area contributed by atoms with E-state index in [2.05, 4.69) is 5.32 Å². The summed E-state index contributed by atoms with van der Waals surface area (Å²) in [6.07, 6.45) is -1.32. The van der Waals surface area contributed by atoms with Gasteiger partial charge < -0.3 is 15.5 Å². The second-order valence-corrected chi connectivity index (χ2v) is 8.33. The van der Waals surface area contributed by atoms with Gasteiger partial charge in [-0.3, -0.25) is 19.0 Å². The number of rotatable bonds is 8. The van der Waals surface area contributed by atoms with Gasteiger partial charge in [-0.25, -0.2) is 8.78 Å². The number of carbonyl (C=O) groups excluding carboxylic acids is 2. The molecule has 1 aromatic heterocycles. The van der Waals surface area contributed by atoms with E-state index < -0.39 is 30.0 Å². The highest BCUT2D eigenvalue weighted by molar-refractivity contribution is 7.07. The van der Waals surface area contributed by atoms with Crippen LogP contribution < -0.4 is 30.3 Å². The second kappa shape index (κ2) is 11.4. The molecule has 2 rings (SSSR count). The van der Waals surface area contributed by atoms with E-state index in [9.17, 15) is 28.4 Å². The summed E-state index contributed by atoms with van der Waals surface area (Å²) in [7, 11) is 1.68. The number of benzene rings is 1. The van der Waals surface area contributed by atoms with E-state index in [1.807, 2.05) is 19.2 Å². The van der Waals surface area contributed by atoms with E-state index in [1.54, 1.807) is 44.3 Å². The molecule has 2 amide bonds. The Hall–Kier alpha value is -3.52. The molecule has 176 valence electrons. The van der Waals surface area contributed by atoms with E-state index in [1.165, 1.54) is 15.7 Å². The van der Waals surface area contributed by atoms with Crippen LogP contribution in [0, 0.1) is 17.2 Å². The van der Waals surface area contributed by atoms with Gasteiger partial charge in [0.25, 0.3) is 17.9 Å². The fourth-order valence-electron chi connectivity index (χ4n) is 2.91. The van der Waals surface area contributed by atoms with Crippen molar-refractivity contribution < 1.29 is 18.4 Å². The van der Waals surface area contributed by atoms with Crippen molar-refractivity contribution in [1.82, 2.24) is 9.88 Å². The molecule has 0 radical (unpaired) electrons. The summed E-state index contributed by atoms with van der Waals surface area (Å²) >= 11 is 0.905. The van der Waals surface area contributed by atoms with Crippen LogP contribution in [0.4, 0.5) is 20.2 Å². The molecule has 0 spiro atoms. The lowest BCUT2D eigenvalue weighted by atomic mass is 10.1. The molecule has 2 aromatic rings. The van der Waals surface area contributed by atoms with Crippen molar-refractivity contribution in [2.45, 2.75) is 33.7 Å². The standard InChI is InChI=1S/C22H25F2N5O3S/c1-5-29-21(32)17(33-22(29)16(10-25)19(30)27-12-18(23)24)11-26-14-7-6-8-15(9-14)28(4)20(31)13(2)3/h6-9,11,13,18,26H,5,12H2,1-4H3,(H,27,30). The minimum atomic E-state index is -2.76. The second-order valence-electron chi connectivity index (χ2n) is 7.30. The number of nitriles is 1. The van der Waals surface area contributed by atoms with Crippen LogP contribution in [-0.4, -0.2) is 36.4 Å². The topological polar surface area (TPSA) is 107 Å². The van der Waals surface area contributed by atoms with Crippen molar-refractivity contribution in [1.29, 1.82) is 5.26 Å². The van der Waals surface area contributed by atoms with Crippen molar-refractivity contribution in [3.63, 3.8) is 0 Å². The summed E-state index contributed by atoms with van der Waals surface area (Å²) in [6.45, 7) is 4.58. The number of hydrogen-bond donors (Lipinski definition) is 2. The van der Waals surface area contributed by atoms with Gasteiger partial charge in [0, 0.05) is 37.1 Å². The molecule has 0 atom stereocenters. The first kappa shape index (κ1) is 25.7. The molecule has 0 aliphatic carbocycles.